The Labute approximate surface area is 181 Å². The molecule has 2 atom stereocenters. The third-order valence-corrected chi connectivity index (χ3v) is 7.60. The van der Waals surface area contributed by atoms with E-state index >= 15 is 0 Å². The average Bonchev–Trinajstić information content (AvgIpc) is 2.74. The first kappa shape index (κ1) is 24.2. The first-order valence-electron chi connectivity index (χ1n) is 9.83. The van der Waals surface area contributed by atoms with Gasteiger partial charge in [-0.15, -0.1) is 0 Å². The molecule has 2 aromatic carbocycles. The third-order valence-electron chi connectivity index (χ3n) is 4.48. The number of nitrogens with one attached hydrogen (secondary N) is 1. The van der Waals surface area contributed by atoms with Crippen molar-refractivity contribution in [2.45, 2.75) is 38.6 Å². The highest BCUT2D eigenvalue weighted by Crippen LogP contribution is 2.47. The number of rotatable bonds is 11. The molecule has 2 rings (SSSR count). The molecule has 30 heavy (non-hydrogen) atoms. The third kappa shape index (κ3) is 9.16. The van der Waals surface area contributed by atoms with Crippen LogP contribution in [0.15, 0.2) is 60.7 Å². The van der Waals surface area contributed by atoms with Crippen molar-refractivity contribution < 1.29 is 23.8 Å². The molecule has 0 aliphatic heterocycles. The number of hydrogen-bond acceptors (Lipinski definition) is 5. The second-order valence-electron chi connectivity index (χ2n) is 6.92. The molecule has 2 aromatic rings. The lowest BCUT2D eigenvalue weighted by Gasteiger charge is -2.24. The molecule has 0 aliphatic rings. The van der Waals surface area contributed by atoms with Crippen LogP contribution in [0.4, 0.5) is 4.79 Å². The van der Waals surface area contributed by atoms with Crippen LogP contribution in [0.1, 0.15) is 30.9 Å². The number of amides is 1. The number of aryl methyl sites for hydroxylation is 1. The fraction of sp³-hybridized carbons (Fsp3) is 0.364. The zero-order valence-corrected chi connectivity index (χ0v) is 18.7. The van der Waals surface area contributed by atoms with Crippen LogP contribution in [0.25, 0.3) is 0 Å². The molecular formula is C22H28NO5PS. The number of thioether (sulfide) groups is 1. The molecule has 0 fully saturated rings. The fourth-order valence-corrected chi connectivity index (χ4v) is 5.24. The second kappa shape index (κ2) is 12.6. The lowest BCUT2D eigenvalue weighted by atomic mass is 10.2. The van der Waals surface area contributed by atoms with Gasteiger partial charge in [0.25, 0.3) is 0 Å². The minimum absolute atomic E-state index is 0.00182. The Balaban J connectivity index is 1.95. The van der Waals surface area contributed by atoms with Gasteiger partial charge in [0.05, 0.1) is 0 Å². The molecular weight excluding hydrogens is 421 g/mol. The van der Waals surface area contributed by atoms with E-state index in [0.29, 0.717) is 25.0 Å². The molecule has 6 nitrogen and oxygen atoms in total. The fourth-order valence-electron chi connectivity index (χ4n) is 2.86. The van der Waals surface area contributed by atoms with Gasteiger partial charge in [0.2, 0.25) is 7.37 Å². The topological polar surface area (TPSA) is 92.7 Å². The summed E-state index contributed by atoms with van der Waals surface area (Å²) in [5.41, 5.74) is 1.79. The van der Waals surface area contributed by atoms with Crippen LogP contribution in [0.2, 0.25) is 0 Å². The van der Waals surface area contributed by atoms with E-state index in [2.05, 4.69) is 5.32 Å². The molecule has 0 aliphatic carbocycles. The molecule has 1 amide bonds. The number of carbonyl (C=O) groups excluding carboxylic acids is 2. The van der Waals surface area contributed by atoms with E-state index in [9.17, 15) is 19.0 Å². The molecule has 8 heteroatoms. The summed E-state index contributed by atoms with van der Waals surface area (Å²) in [4.78, 5) is 34.1. The van der Waals surface area contributed by atoms with Gasteiger partial charge in [-0.05, 0) is 30.4 Å². The molecule has 0 bridgehead atoms. The van der Waals surface area contributed by atoms with Crippen LogP contribution in [0.3, 0.4) is 0 Å². The smallest absolute Gasteiger partial charge is 0.408 e. The quantitative estimate of drug-likeness (QED) is 0.378. The maximum absolute atomic E-state index is 13.0. The molecule has 0 saturated heterocycles. The summed E-state index contributed by atoms with van der Waals surface area (Å²) in [5, 5.41) is 2.58. The van der Waals surface area contributed by atoms with Gasteiger partial charge in [-0.25, -0.2) is 4.79 Å². The Kier molecular flexibility index (Phi) is 10.1. The van der Waals surface area contributed by atoms with Gasteiger partial charge in [0.15, 0.2) is 5.12 Å². The summed E-state index contributed by atoms with van der Waals surface area (Å²) in [6.07, 6.45) is 0.596. The highest BCUT2D eigenvalue weighted by molar-refractivity contribution is 8.13. The van der Waals surface area contributed by atoms with Crippen molar-refractivity contribution in [3.8, 4) is 0 Å². The standard InChI is InChI=1S/C22H28NO5PS/c1-18(24)30-16-8-13-21(23-22(25)28-17-20-11-6-3-7-12-20)29(26,27)15-14-19-9-4-2-5-10-19/h2-7,9-12,21H,8,13-17H2,1H3,(H,23,25)(H,26,27). The monoisotopic (exact) mass is 449 g/mol. The van der Waals surface area contributed by atoms with Crippen molar-refractivity contribution in [2.75, 3.05) is 11.9 Å². The van der Waals surface area contributed by atoms with Crippen molar-refractivity contribution in [1.29, 1.82) is 0 Å². The van der Waals surface area contributed by atoms with Gasteiger partial charge in [-0.1, -0.05) is 72.4 Å². The second-order valence-corrected chi connectivity index (χ2v) is 10.8. The van der Waals surface area contributed by atoms with Gasteiger partial charge in [-0.2, -0.15) is 0 Å². The maximum Gasteiger partial charge on any atom is 0.408 e. The van der Waals surface area contributed by atoms with E-state index in [-0.39, 0.29) is 17.9 Å². The first-order valence-corrected chi connectivity index (χ1v) is 12.7. The van der Waals surface area contributed by atoms with Crippen LogP contribution in [-0.2, 0) is 27.1 Å². The van der Waals surface area contributed by atoms with E-state index < -0.39 is 19.2 Å². The Morgan fingerprint density at radius 2 is 1.67 bits per heavy atom. The summed E-state index contributed by atoms with van der Waals surface area (Å²) in [5.74, 6) is -0.386. The van der Waals surface area contributed by atoms with E-state index in [4.69, 9.17) is 4.74 Å². The van der Waals surface area contributed by atoms with Gasteiger partial charge in [-0.3, -0.25) is 9.36 Å². The summed E-state index contributed by atoms with van der Waals surface area (Å²) >= 11 is 1.17. The van der Waals surface area contributed by atoms with E-state index in [1.54, 1.807) is 0 Å². The van der Waals surface area contributed by atoms with Crippen LogP contribution in [-0.4, -0.2) is 33.8 Å². The van der Waals surface area contributed by atoms with Gasteiger partial charge >= 0.3 is 6.09 Å². The number of carbonyl (C=O) groups is 2. The Morgan fingerprint density at radius 1 is 1.07 bits per heavy atom. The van der Waals surface area contributed by atoms with Gasteiger partial charge in [0.1, 0.15) is 12.4 Å². The van der Waals surface area contributed by atoms with Gasteiger partial charge in [0, 0.05) is 18.8 Å². The molecule has 0 saturated carbocycles. The highest BCUT2D eigenvalue weighted by atomic mass is 32.2. The van der Waals surface area contributed by atoms with Crippen molar-refractivity contribution >= 4 is 30.3 Å². The van der Waals surface area contributed by atoms with E-state index in [1.165, 1.54) is 18.7 Å². The van der Waals surface area contributed by atoms with Crippen LogP contribution in [0, 0.1) is 0 Å². The lowest BCUT2D eigenvalue weighted by Crippen LogP contribution is -2.36. The summed E-state index contributed by atoms with van der Waals surface area (Å²) in [6.45, 7) is 1.57. The minimum Gasteiger partial charge on any atom is -0.445 e. The number of alkyl carbamates (subject to hydrolysis) is 1. The summed E-state index contributed by atoms with van der Waals surface area (Å²) < 4.78 is 18.3. The van der Waals surface area contributed by atoms with Crippen molar-refractivity contribution in [2.24, 2.45) is 0 Å². The summed E-state index contributed by atoms with van der Waals surface area (Å²) in [7, 11) is -3.69. The zero-order chi connectivity index (χ0) is 21.8. The van der Waals surface area contributed by atoms with Crippen molar-refractivity contribution in [3.05, 3.63) is 71.8 Å². The first-order chi connectivity index (χ1) is 14.4. The van der Waals surface area contributed by atoms with Crippen molar-refractivity contribution in [3.63, 3.8) is 0 Å². The Hall–Kier alpha value is -2.08. The van der Waals surface area contributed by atoms with Crippen LogP contribution >= 0.6 is 19.1 Å². The predicted molar refractivity (Wildman–Crippen MR) is 121 cm³/mol. The molecule has 0 aromatic heterocycles. The Morgan fingerprint density at radius 3 is 2.27 bits per heavy atom. The van der Waals surface area contributed by atoms with Crippen LogP contribution in [0.5, 0.6) is 0 Å². The van der Waals surface area contributed by atoms with E-state index in [1.807, 2.05) is 60.7 Å². The predicted octanol–water partition coefficient (Wildman–Crippen LogP) is 4.81. The molecule has 0 spiro atoms. The molecule has 162 valence electrons. The normalized spacial score (nSPS) is 13.8. The average molecular weight is 450 g/mol. The van der Waals surface area contributed by atoms with Gasteiger partial charge < -0.3 is 14.9 Å². The Bertz CT molecular complexity index is 847. The largest absolute Gasteiger partial charge is 0.445 e. The molecule has 0 radical (unpaired) electrons. The minimum atomic E-state index is -3.69. The maximum atomic E-state index is 13.0. The van der Waals surface area contributed by atoms with Crippen molar-refractivity contribution in [1.82, 2.24) is 5.32 Å². The number of ether oxygens (including phenoxy) is 1. The molecule has 2 N–H and O–H groups in total. The molecule has 2 unspecified atom stereocenters. The number of hydrogen-bond donors (Lipinski definition) is 2. The molecule has 0 heterocycles. The lowest BCUT2D eigenvalue weighted by molar-refractivity contribution is -0.109. The highest BCUT2D eigenvalue weighted by Gasteiger charge is 2.32. The summed E-state index contributed by atoms with van der Waals surface area (Å²) in [6, 6.07) is 18.7. The number of benzene rings is 2. The van der Waals surface area contributed by atoms with Crippen LogP contribution < -0.4 is 5.32 Å². The SMILES string of the molecule is CC(=O)SCCCC(NC(=O)OCc1ccccc1)P(=O)(O)CCc1ccccc1. The zero-order valence-electron chi connectivity index (χ0n) is 17.0. The van der Waals surface area contributed by atoms with E-state index in [0.717, 1.165) is 11.1 Å².